The van der Waals surface area contributed by atoms with E-state index in [1.807, 2.05) is 50.5 Å². The Morgan fingerprint density at radius 3 is 2.50 bits per heavy atom. The number of hydrogen-bond donors (Lipinski definition) is 1. The predicted octanol–water partition coefficient (Wildman–Crippen LogP) is 6.78. The molecule has 1 aliphatic rings. The van der Waals surface area contributed by atoms with Crippen LogP contribution in [0.2, 0.25) is 0 Å². The fourth-order valence-corrected chi connectivity index (χ4v) is 4.70. The molecule has 0 unspecified atom stereocenters. The summed E-state index contributed by atoms with van der Waals surface area (Å²) in [5, 5.41) is 2.92. The van der Waals surface area contributed by atoms with Gasteiger partial charge in [0.2, 0.25) is 0 Å². The summed E-state index contributed by atoms with van der Waals surface area (Å²) >= 11 is 0. The minimum Gasteiger partial charge on any atom is -0.491 e. The maximum atomic E-state index is 13.5. The van der Waals surface area contributed by atoms with Gasteiger partial charge in [-0.3, -0.25) is 4.79 Å². The van der Waals surface area contributed by atoms with E-state index in [0.717, 1.165) is 35.4 Å². The second kappa shape index (κ2) is 10.4. The maximum absolute atomic E-state index is 13.5. The third-order valence-corrected chi connectivity index (χ3v) is 6.44. The highest BCUT2D eigenvalue weighted by molar-refractivity contribution is 5.92. The van der Waals surface area contributed by atoms with Crippen LogP contribution in [0.5, 0.6) is 5.75 Å². The number of nitrogens with zero attached hydrogens (tertiary/aromatic N) is 2. The quantitative estimate of drug-likeness (QED) is 0.297. The number of ether oxygens (including phenoxy) is 1. The van der Waals surface area contributed by atoms with Crippen LogP contribution in [0, 0.1) is 5.82 Å². The molecule has 0 bridgehead atoms. The lowest BCUT2D eigenvalue weighted by molar-refractivity contribution is 0.0924. The van der Waals surface area contributed by atoms with Crippen molar-refractivity contribution in [2.24, 2.45) is 0 Å². The first-order valence-corrected chi connectivity index (χ1v) is 12.4. The molecule has 0 aliphatic heterocycles. The van der Waals surface area contributed by atoms with Crippen molar-refractivity contribution in [1.82, 2.24) is 14.9 Å². The Kier molecular flexibility index (Phi) is 6.89. The fraction of sp³-hybridized carbons (Fsp3) is 0.310. The molecule has 4 aromatic rings. The van der Waals surface area contributed by atoms with Gasteiger partial charge in [-0.25, -0.2) is 9.37 Å². The van der Waals surface area contributed by atoms with E-state index in [4.69, 9.17) is 9.15 Å². The molecule has 6 nitrogen and oxygen atoms in total. The SMILES string of the molecule is CC(C)Oc1ccc(CNC(=O)c2ccc(-c3c(-c4ccc(F)cc4)ncn3C3CCCC3)o2)cc1. The molecule has 1 saturated carbocycles. The molecule has 0 saturated heterocycles. The fourth-order valence-electron chi connectivity index (χ4n) is 4.70. The molecule has 186 valence electrons. The first kappa shape index (κ1) is 23.9. The summed E-state index contributed by atoms with van der Waals surface area (Å²) in [6.07, 6.45) is 6.42. The molecule has 7 heteroatoms. The number of rotatable bonds is 8. The second-order valence-corrected chi connectivity index (χ2v) is 9.45. The molecule has 1 amide bonds. The van der Waals surface area contributed by atoms with E-state index in [2.05, 4.69) is 14.9 Å². The number of halogens is 1. The third-order valence-electron chi connectivity index (χ3n) is 6.44. The number of aromatic nitrogens is 2. The largest absolute Gasteiger partial charge is 0.491 e. The zero-order chi connectivity index (χ0) is 25.1. The van der Waals surface area contributed by atoms with E-state index in [0.29, 0.717) is 24.0 Å². The minimum absolute atomic E-state index is 0.109. The lowest BCUT2D eigenvalue weighted by Crippen LogP contribution is -2.22. The molecule has 1 aliphatic carbocycles. The number of amides is 1. The van der Waals surface area contributed by atoms with Gasteiger partial charge < -0.3 is 19.0 Å². The van der Waals surface area contributed by atoms with Crippen LogP contribution in [0.25, 0.3) is 22.7 Å². The Balaban J connectivity index is 1.36. The van der Waals surface area contributed by atoms with Crippen molar-refractivity contribution in [2.75, 3.05) is 0 Å². The molecule has 1 N–H and O–H groups in total. The van der Waals surface area contributed by atoms with Crippen molar-refractivity contribution >= 4 is 5.91 Å². The van der Waals surface area contributed by atoms with Crippen LogP contribution in [0.15, 0.2) is 71.4 Å². The van der Waals surface area contributed by atoms with Gasteiger partial charge in [0.25, 0.3) is 5.91 Å². The van der Waals surface area contributed by atoms with E-state index in [1.165, 1.54) is 25.0 Å². The van der Waals surface area contributed by atoms with Crippen molar-refractivity contribution in [3.05, 3.63) is 84.1 Å². The second-order valence-electron chi connectivity index (χ2n) is 9.45. The summed E-state index contributed by atoms with van der Waals surface area (Å²) in [6.45, 7) is 4.34. The number of nitrogens with one attached hydrogen (secondary N) is 1. The van der Waals surface area contributed by atoms with Gasteiger partial charge in [-0.05, 0) is 80.8 Å². The van der Waals surface area contributed by atoms with Crippen molar-refractivity contribution < 1.29 is 18.3 Å². The zero-order valence-electron chi connectivity index (χ0n) is 20.5. The van der Waals surface area contributed by atoms with Gasteiger partial charge in [-0.1, -0.05) is 25.0 Å². The number of imidazole rings is 1. The van der Waals surface area contributed by atoms with Crippen LogP contribution in [0.3, 0.4) is 0 Å². The first-order chi connectivity index (χ1) is 17.5. The normalized spacial score (nSPS) is 13.9. The van der Waals surface area contributed by atoms with Crippen LogP contribution in [-0.2, 0) is 6.54 Å². The van der Waals surface area contributed by atoms with E-state index in [-0.39, 0.29) is 23.6 Å². The van der Waals surface area contributed by atoms with Crippen molar-refractivity contribution in [3.8, 4) is 28.5 Å². The molecule has 2 aromatic carbocycles. The van der Waals surface area contributed by atoms with Crippen LogP contribution in [0.4, 0.5) is 4.39 Å². The van der Waals surface area contributed by atoms with Crippen LogP contribution in [-0.4, -0.2) is 21.6 Å². The summed E-state index contributed by atoms with van der Waals surface area (Å²) < 4.78 is 27.4. The summed E-state index contributed by atoms with van der Waals surface area (Å²) in [6, 6.07) is 17.8. The average molecular weight is 488 g/mol. The van der Waals surface area contributed by atoms with Gasteiger partial charge >= 0.3 is 0 Å². The zero-order valence-corrected chi connectivity index (χ0v) is 20.5. The third kappa shape index (κ3) is 5.20. The Labute approximate surface area is 210 Å². The Morgan fingerprint density at radius 1 is 1.08 bits per heavy atom. The van der Waals surface area contributed by atoms with E-state index < -0.39 is 0 Å². The molecule has 36 heavy (non-hydrogen) atoms. The number of benzene rings is 2. The van der Waals surface area contributed by atoms with Crippen LogP contribution >= 0.6 is 0 Å². The Morgan fingerprint density at radius 2 is 1.81 bits per heavy atom. The molecule has 0 atom stereocenters. The molecule has 5 rings (SSSR count). The van der Waals surface area contributed by atoms with Gasteiger partial charge in [0.05, 0.1) is 18.1 Å². The predicted molar refractivity (Wildman–Crippen MR) is 136 cm³/mol. The Bertz CT molecular complexity index is 1320. The Hall–Kier alpha value is -3.87. The van der Waals surface area contributed by atoms with Gasteiger partial charge in [-0.15, -0.1) is 0 Å². The highest BCUT2D eigenvalue weighted by atomic mass is 19.1. The van der Waals surface area contributed by atoms with Crippen molar-refractivity contribution in [1.29, 1.82) is 0 Å². The summed E-state index contributed by atoms with van der Waals surface area (Å²) in [5.41, 5.74) is 3.29. The van der Waals surface area contributed by atoms with Gasteiger partial charge in [0.1, 0.15) is 17.3 Å². The van der Waals surface area contributed by atoms with Gasteiger partial charge in [-0.2, -0.15) is 0 Å². The van der Waals surface area contributed by atoms with E-state index >= 15 is 0 Å². The molecular weight excluding hydrogens is 457 g/mol. The molecule has 0 spiro atoms. The van der Waals surface area contributed by atoms with E-state index in [1.54, 1.807) is 18.2 Å². The molecular formula is C29H30FN3O3. The van der Waals surface area contributed by atoms with Crippen molar-refractivity contribution in [2.45, 2.75) is 58.2 Å². The molecule has 2 aromatic heterocycles. The summed E-state index contributed by atoms with van der Waals surface area (Å²) in [7, 11) is 0. The lowest BCUT2D eigenvalue weighted by atomic mass is 10.1. The van der Waals surface area contributed by atoms with Crippen molar-refractivity contribution in [3.63, 3.8) is 0 Å². The highest BCUT2D eigenvalue weighted by Gasteiger charge is 2.26. The molecule has 1 fully saturated rings. The van der Waals surface area contributed by atoms with Crippen LogP contribution in [0.1, 0.15) is 61.7 Å². The summed E-state index contributed by atoms with van der Waals surface area (Å²) in [4.78, 5) is 17.5. The summed E-state index contributed by atoms with van der Waals surface area (Å²) in [5.74, 6) is 1.01. The monoisotopic (exact) mass is 487 g/mol. The molecule has 0 radical (unpaired) electrons. The lowest BCUT2D eigenvalue weighted by Gasteiger charge is -2.15. The first-order valence-electron chi connectivity index (χ1n) is 12.4. The number of carbonyl (C=O) groups is 1. The number of carbonyl (C=O) groups excluding carboxylic acids is 1. The highest BCUT2D eigenvalue weighted by Crippen LogP contribution is 2.39. The molecule has 2 heterocycles. The average Bonchev–Trinajstić information content (AvgIpc) is 3.64. The smallest absolute Gasteiger partial charge is 0.287 e. The van der Waals surface area contributed by atoms with E-state index in [9.17, 15) is 9.18 Å². The van der Waals surface area contributed by atoms with Gasteiger partial charge in [0, 0.05) is 18.2 Å². The minimum atomic E-state index is -0.297. The number of hydrogen-bond acceptors (Lipinski definition) is 4. The standard InChI is InChI=1S/C29H30FN3O3/c1-19(2)35-24-13-7-20(8-14-24)17-31-29(34)26-16-15-25(36-26)28-27(21-9-11-22(30)12-10-21)32-18-33(28)23-5-3-4-6-23/h7-16,18-19,23H,3-6,17H2,1-2H3,(H,31,34). The maximum Gasteiger partial charge on any atom is 0.287 e. The topological polar surface area (TPSA) is 69.3 Å². The van der Waals surface area contributed by atoms with Gasteiger partial charge in [0.15, 0.2) is 11.5 Å². The van der Waals surface area contributed by atoms with Crippen LogP contribution < -0.4 is 10.1 Å². The number of furan rings is 1.